The van der Waals surface area contributed by atoms with Crippen molar-refractivity contribution in [1.29, 1.82) is 5.26 Å². The Bertz CT molecular complexity index is 1130. The Kier molecular flexibility index (Phi) is 4.88. The van der Waals surface area contributed by atoms with Gasteiger partial charge in [-0.2, -0.15) is 18.4 Å². The number of pyridine rings is 1. The van der Waals surface area contributed by atoms with Crippen LogP contribution >= 0.6 is 0 Å². The first-order chi connectivity index (χ1) is 14.4. The molecule has 0 N–H and O–H groups in total. The van der Waals surface area contributed by atoms with Crippen LogP contribution < -0.4 is 9.64 Å². The van der Waals surface area contributed by atoms with Gasteiger partial charge in [-0.1, -0.05) is 12.1 Å². The quantitative estimate of drug-likeness (QED) is 0.617. The Morgan fingerprint density at radius 3 is 2.40 bits per heavy atom. The summed E-state index contributed by atoms with van der Waals surface area (Å²) < 4.78 is 44.2. The summed E-state index contributed by atoms with van der Waals surface area (Å²) in [7, 11) is 0. The summed E-state index contributed by atoms with van der Waals surface area (Å²) in [5, 5.41) is 8.96. The lowest BCUT2D eigenvalue weighted by molar-refractivity contribution is -0.137. The number of alkyl halides is 3. The van der Waals surface area contributed by atoms with E-state index in [9.17, 15) is 18.0 Å². The zero-order chi connectivity index (χ0) is 21.3. The molecule has 5 nitrogen and oxygen atoms in total. The Labute approximate surface area is 170 Å². The molecule has 0 unspecified atom stereocenters. The van der Waals surface area contributed by atoms with E-state index in [0.717, 1.165) is 29.8 Å². The largest absolute Gasteiger partial charge is 0.489 e. The zero-order valence-corrected chi connectivity index (χ0v) is 15.5. The van der Waals surface area contributed by atoms with Crippen LogP contribution in [0.5, 0.6) is 5.75 Å². The molecule has 2 heterocycles. The minimum absolute atomic E-state index is 0.139. The number of amides is 1. The van der Waals surface area contributed by atoms with Crippen molar-refractivity contribution in [2.24, 2.45) is 0 Å². The van der Waals surface area contributed by atoms with E-state index < -0.39 is 17.6 Å². The topological polar surface area (TPSA) is 66.2 Å². The van der Waals surface area contributed by atoms with Crippen LogP contribution in [0.3, 0.4) is 0 Å². The zero-order valence-electron chi connectivity index (χ0n) is 15.5. The summed E-state index contributed by atoms with van der Waals surface area (Å²) in [4.78, 5) is 18.6. The molecule has 150 valence electrons. The average Bonchev–Trinajstić information content (AvgIpc) is 2.77. The first-order valence-corrected chi connectivity index (χ1v) is 8.99. The van der Waals surface area contributed by atoms with Gasteiger partial charge in [0.15, 0.2) is 5.75 Å². The fraction of sp³-hybridized carbons (Fsp3) is 0.136. The van der Waals surface area contributed by atoms with Gasteiger partial charge in [-0.15, -0.1) is 0 Å². The monoisotopic (exact) mass is 409 g/mol. The van der Waals surface area contributed by atoms with Crippen LogP contribution in [0.1, 0.15) is 21.5 Å². The summed E-state index contributed by atoms with van der Waals surface area (Å²) in [5.74, 6) is 0.0215. The highest BCUT2D eigenvalue weighted by Gasteiger charge is 2.31. The SMILES string of the molecule is N#Cc1ccc(-c2cncc3c2OCCN3C(=O)c2ccc(C(F)(F)F)cc2)cc1. The lowest BCUT2D eigenvalue weighted by Crippen LogP contribution is -2.38. The molecule has 0 bridgehead atoms. The second-order valence-electron chi connectivity index (χ2n) is 6.60. The van der Waals surface area contributed by atoms with Crippen molar-refractivity contribution < 1.29 is 22.7 Å². The van der Waals surface area contributed by atoms with Gasteiger partial charge >= 0.3 is 6.18 Å². The molecule has 1 aromatic heterocycles. The number of halogens is 3. The number of ether oxygens (including phenoxy) is 1. The van der Waals surface area contributed by atoms with Crippen LogP contribution in [-0.4, -0.2) is 24.0 Å². The van der Waals surface area contributed by atoms with Gasteiger partial charge in [-0.25, -0.2) is 0 Å². The number of benzene rings is 2. The number of nitriles is 1. The normalized spacial score (nSPS) is 13.2. The highest BCUT2D eigenvalue weighted by atomic mass is 19.4. The molecule has 0 aliphatic carbocycles. The molecular formula is C22H14F3N3O2. The highest BCUT2D eigenvalue weighted by Crippen LogP contribution is 2.40. The first kappa shape index (κ1) is 19.5. The van der Waals surface area contributed by atoms with Crippen LogP contribution in [0, 0.1) is 11.3 Å². The van der Waals surface area contributed by atoms with Gasteiger partial charge in [0.1, 0.15) is 12.3 Å². The van der Waals surface area contributed by atoms with E-state index in [1.54, 1.807) is 30.5 Å². The molecule has 8 heteroatoms. The summed E-state index contributed by atoms with van der Waals surface area (Å²) in [5.41, 5.74) is 1.69. The van der Waals surface area contributed by atoms with Crippen molar-refractivity contribution in [1.82, 2.24) is 4.98 Å². The average molecular weight is 409 g/mol. The molecule has 4 rings (SSSR count). The number of nitrogens with zero attached hydrogens (tertiary/aromatic N) is 3. The lowest BCUT2D eigenvalue weighted by atomic mass is 10.0. The molecule has 30 heavy (non-hydrogen) atoms. The summed E-state index contributed by atoms with van der Waals surface area (Å²) >= 11 is 0. The van der Waals surface area contributed by atoms with Gasteiger partial charge < -0.3 is 9.64 Å². The Hall–Kier alpha value is -3.86. The van der Waals surface area contributed by atoms with Crippen molar-refractivity contribution in [3.63, 3.8) is 0 Å². The second kappa shape index (κ2) is 7.52. The number of anilines is 1. The predicted molar refractivity (Wildman–Crippen MR) is 103 cm³/mol. The molecule has 1 amide bonds. The van der Waals surface area contributed by atoms with E-state index in [4.69, 9.17) is 10.00 Å². The van der Waals surface area contributed by atoms with Crippen LogP contribution in [0.15, 0.2) is 60.9 Å². The summed E-state index contributed by atoms with van der Waals surface area (Å²) in [6, 6.07) is 13.0. The highest BCUT2D eigenvalue weighted by molar-refractivity contribution is 6.07. The number of hydrogen-bond acceptors (Lipinski definition) is 4. The van der Waals surface area contributed by atoms with Crippen molar-refractivity contribution in [3.05, 3.63) is 77.6 Å². The summed E-state index contributed by atoms with van der Waals surface area (Å²) in [6.07, 6.45) is -1.37. The maximum absolute atomic E-state index is 13.0. The lowest BCUT2D eigenvalue weighted by Gasteiger charge is -2.30. The Balaban J connectivity index is 1.69. The molecule has 0 fully saturated rings. The number of aromatic nitrogens is 1. The Morgan fingerprint density at radius 2 is 1.77 bits per heavy atom. The van der Waals surface area contributed by atoms with E-state index in [1.165, 1.54) is 11.1 Å². The number of fused-ring (bicyclic) bond motifs is 1. The number of carbonyl (C=O) groups excluding carboxylic acids is 1. The number of rotatable bonds is 2. The standard InChI is InChI=1S/C22H14F3N3O2/c23-22(24,25)17-7-5-16(6-8-17)21(29)28-9-10-30-20-18(12-27-13-19(20)28)15-3-1-14(11-26)2-4-15/h1-8,12-13H,9-10H2. The minimum Gasteiger partial charge on any atom is -0.489 e. The van der Waals surface area contributed by atoms with Crippen molar-refractivity contribution in [3.8, 4) is 22.9 Å². The fourth-order valence-electron chi connectivity index (χ4n) is 3.24. The molecular weight excluding hydrogens is 395 g/mol. The molecule has 0 spiro atoms. The summed E-state index contributed by atoms with van der Waals surface area (Å²) in [6.45, 7) is 0.470. The third kappa shape index (κ3) is 3.57. The molecule has 0 saturated heterocycles. The van der Waals surface area contributed by atoms with Crippen LogP contribution in [0.2, 0.25) is 0 Å². The van der Waals surface area contributed by atoms with Gasteiger partial charge in [0.2, 0.25) is 0 Å². The smallest absolute Gasteiger partial charge is 0.416 e. The molecule has 0 saturated carbocycles. The number of carbonyl (C=O) groups is 1. The van der Waals surface area contributed by atoms with E-state index in [1.807, 2.05) is 0 Å². The molecule has 0 atom stereocenters. The predicted octanol–water partition coefficient (Wildman–Crippen LogP) is 4.68. The van der Waals surface area contributed by atoms with Crippen molar-refractivity contribution in [2.75, 3.05) is 18.1 Å². The molecule has 1 aliphatic rings. The van der Waals surface area contributed by atoms with Gasteiger partial charge in [0, 0.05) is 17.3 Å². The van der Waals surface area contributed by atoms with E-state index >= 15 is 0 Å². The van der Waals surface area contributed by atoms with Gasteiger partial charge in [0.25, 0.3) is 5.91 Å². The molecule has 3 aromatic rings. The van der Waals surface area contributed by atoms with Crippen molar-refractivity contribution >= 4 is 11.6 Å². The van der Waals surface area contributed by atoms with Crippen LogP contribution in [-0.2, 0) is 6.18 Å². The third-order valence-electron chi connectivity index (χ3n) is 4.76. The van der Waals surface area contributed by atoms with Gasteiger partial charge in [-0.05, 0) is 42.0 Å². The van der Waals surface area contributed by atoms with E-state index in [2.05, 4.69) is 11.1 Å². The number of hydrogen-bond donors (Lipinski definition) is 0. The maximum Gasteiger partial charge on any atom is 0.416 e. The maximum atomic E-state index is 13.0. The molecule has 1 aliphatic heterocycles. The van der Waals surface area contributed by atoms with Crippen LogP contribution in [0.4, 0.5) is 18.9 Å². The Morgan fingerprint density at radius 1 is 1.07 bits per heavy atom. The minimum atomic E-state index is -4.47. The third-order valence-corrected chi connectivity index (χ3v) is 4.76. The van der Waals surface area contributed by atoms with E-state index in [0.29, 0.717) is 22.6 Å². The second-order valence-corrected chi connectivity index (χ2v) is 6.60. The van der Waals surface area contributed by atoms with Gasteiger partial charge in [0.05, 0.1) is 29.9 Å². The fourth-order valence-corrected chi connectivity index (χ4v) is 3.24. The van der Waals surface area contributed by atoms with Gasteiger partial charge in [-0.3, -0.25) is 9.78 Å². The van der Waals surface area contributed by atoms with E-state index in [-0.39, 0.29) is 18.7 Å². The molecule has 0 radical (unpaired) electrons. The van der Waals surface area contributed by atoms with Crippen molar-refractivity contribution in [2.45, 2.75) is 6.18 Å². The van der Waals surface area contributed by atoms with Crippen LogP contribution in [0.25, 0.3) is 11.1 Å². The molecule has 2 aromatic carbocycles. The first-order valence-electron chi connectivity index (χ1n) is 8.99.